The maximum atomic E-state index is 12.1. The molecule has 0 unspecified atom stereocenters. The molecule has 7 nitrogen and oxygen atoms in total. The van der Waals surface area contributed by atoms with Crippen LogP contribution in [0.1, 0.15) is 16.7 Å². The van der Waals surface area contributed by atoms with E-state index in [4.69, 9.17) is 39.5 Å². The summed E-state index contributed by atoms with van der Waals surface area (Å²) in [6.07, 6.45) is 1.17. The number of nitrogens with zero attached hydrogens (tertiary/aromatic N) is 2. The molecular weight excluding hydrogens is 477 g/mol. The maximum absolute atomic E-state index is 12.1. The van der Waals surface area contributed by atoms with Crippen molar-refractivity contribution in [1.29, 1.82) is 0 Å². The van der Waals surface area contributed by atoms with Crippen LogP contribution in [0.5, 0.6) is 5.75 Å². The summed E-state index contributed by atoms with van der Waals surface area (Å²) in [6, 6.07) is 16.4. The van der Waals surface area contributed by atoms with Gasteiger partial charge in [-0.3, -0.25) is 14.9 Å². The first-order valence-electron chi connectivity index (χ1n) is 9.24. The highest BCUT2D eigenvalue weighted by Crippen LogP contribution is 2.34. The number of nitrogens with one attached hydrogen (secondary N) is 1. The quantitative estimate of drug-likeness (QED) is 0.243. The molecule has 164 valence electrons. The summed E-state index contributed by atoms with van der Waals surface area (Å²) in [5.74, 6) is -0.184. The van der Waals surface area contributed by atoms with Crippen LogP contribution in [0.15, 0.2) is 65.8 Å². The summed E-state index contributed by atoms with van der Waals surface area (Å²) in [4.78, 5) is 22.6. The van der Waals surface area contributed by atoms with Crippen LogP contribution in [0, 0.1) is 10.1 Å². The molecule has 0 fully saturated rings. The number of rotatable bonds is 8. The molecule has 0 aromatic heterocycles. The van der Waals surface area contributed by atoms with Gasteiger partial charge in [0.25, 0.3) is 5.69 Å². The topological polar surface area (TPSA) is 93.8 Å². The van der Waals surface area contributed by atoms with Gasteiger partial charge in [0.05, 0.1) is 27.6 Å². The van der Waals surface area contributed by atoms with Crippen molar-refractivity contribution in [1.82, 2.24) is 5.43 Å². The molecule has 3 rings (SSSR count). The number of benzene rings is 3. The molecule has 1 N–H and O–H groups in total. The fraction of sp³-hybridized carbons (Fsp3) is 0.0909. The molecule has 0 spiro atoms. The number of halogens is 3. The monoisotopic (exact) mass is 491 g/mol. The van der Waals surface area contributed by atoms with Crippen LogP contribution in [0.4, 0.5) is 5.69 Å². The van der Waals surface area contributed by atoms with Crippen molar-refractivity contribution in [3.05, 3.63) is 103 Å². The van der Waals surface area contributed by atoms with Gasteiger partial charge >= 0.3 is 0 Å². The van der Waals surface area contributed by atoms with E-state index in [-0.39, 0.29) is 28.8 Å². The van der Waals surface area contributed by atoms with Gasteiger partial charge in [-0.1, -0.05) is 65.1 Å². The number of nitro benzene ring substituents is 1. The van der Waals surface area contributed by atoms with E-state index < -0.39 is 10.8 Å². The summed E-state index contributed by atoms with van der Waals surface area (Å²) in [5.41, 5.74) is 3.92. The van der Waals surface area contributed by atoms with Gasteiger partial charge in [0.15, 0.2) is 5.75 Å². The first kappa shape index (κ1) is 23.5. The number of hydrogen-bond donors (Lipinski definition) is 1. The van der Waals surface area contributed by atoms with Crippen LogP contribution in [0.3, 0.4) is 0 Å². The Labute approximate surface area is 198 Å². The molecule has 0 atom stereocenters. The first-order valence-corrected chi connectivity index (χ1v) is 10.4. The van der Waals surface area contributed by atoms with E-state index in [9.17, 15) is 14.9 Å². The number of carbonyl (C=O) groups is 1. The van der Waals surface area contributed by atoms with Crippen molar-refractivity contribution < 1.29 is 14.5 Å². The van der Waals surface area contributed by atoms with Crippen molar-refractivity contribution >= 4 is 52.6 Å². The second-order valence-electron chi connectivity index (χ2n) is 6.58. The molecular formula is C22H16Cl3N3O4. The smallest absolute Gasteiger partial charge is 0.273 e. The zero-order valence-corrected chi connectivity index (χ0v) is 18.7. The number of hydrazone groups is 1. The second kappa shape index (κ2) is 10.9. The lowest BCUT2D eigenvalue weighted by atomic mass is 10.1. The number of para-hydroxylation sites is 1. The van der Waals surface area contributed by atoms with E-state index in [0.717, 1.165) is 5.56 Å². The summed E-state index contributed by atoms with van der Waals surface area (Å²) < 4.78 is 5.71. The summed E-state index contributed by atoms with van der Waals surface area (Å²) >= 11 is 18.4. The van der Waals surface area contributed by atoms with Crippen molar-refractivity contribution in [3.8, 4) is 5.75 Å². The van der Waals surface area contributed by atoms with Gasteiger partial charge < -0.3 is 4.74 Å². The predicted octanol–water partition coefficient (Wildman–Crippen LogP) is 5.83. The highest BCUT2D eigenvalue weighted by molar-refractivity contribution is 6.37. The minimum Gasteiger partial charge on any atom is -0.486 e. The average Bonchev–Trinajstić information content (AvgIpc) is 2.74. The fourth-order valence-electron chi connectivity index (χ4n) is 2.76. The van der Waals surface area contributed by atoms with Gasteiger partial charge in [-0.25, -0.2) is 5.43 Å². The molecule has 3 aromatic rings. The zero-order valence-electron chi connectivity index (χ0n) is 16.4. The highest BCUT2D eigenvalue weighted by Gasteiger charge is 2.15. The lowest BCUT2D eigenvalue weighted by Gasteiger charge is -2.11. The first-order chi connectivity index (χ1) is 15.3. The molecule has 0 saturated carbocycles. The van der Waals surface area contributed by atoms with Gasteiger partial charge in [-0.2, -0.15) is 5.10 Å². The zero-order chi connectivity index (χ0) is 23.1. The lowest BCUT2D eigenvalue weighted by molar-refractivity contribution is -0.385. The maximum Gasteiger partial charge on any atom is 0.273 e. The molecule has 0 radical (unpaired) electrons. The normalized spacial score (nSPS) is 10.8. The molecule has 0 heterocycles. The third kappa shape index (κ3) is 6.43. The Bertz CT molecular complexity index is 1140. The second-order valence-corrected chi connectivity index (χ2v) is 7.84. The van der Waals surface area contributed by atoms with E-state index in [1.807, 2.05) is 12.1 Å². The Hall–Kier alpha value is -3.13. The fourth-order valence-corrected chi connectivity index (χ4v) is 3.50. The highest BCUT2D eigenvalue weighted by atomic mass is 35.5. The van der Waals surface area contributed by atoms with E-state index in [1.54, 1.807) is 30.3 Å². The average molecular weight is 493 g/mol. The molecule has 0 bridgehead atoms. The van der Waals surface area contributed by atoms with Crippen LogP contribution in [0.2, 0.25) is 15.1 Å². The number of nitro groups is 1. The van der Waals surface area contributed by atoms with Crippen LogP contribution in [-0.2, 0) is 17.8 Å². The number of amides is 1. The minimum atomic E-state index is -0.535. The van der Waals surface area contributed by atoms with Crippen LogP contribution in [-0.4, -0.2) is 17.0 Å². The molecule has 10 heteroatoms. The van der Waals surface area contributed by atoms with Crippen molar-refractivity contribution in [2.75, 3.05) is 0 Å². The molecule has 1 amide bonds. The van der Waals surface area contributed by atoms with E-state index >= 15 is 0 Å². The Balaban J connectivity index is 1.60. The van der Waals surface area contributed by atoms with Gasteiger partial charge in [0, 0.05) is 16.7 Å². The van der Waals surface area contributed by atoms with Crippen molar-refractivity contribution in [2.45, 2.75) is 13.0 Å². The summed E-state index contributed by atoms with van der Waals surface area (Å²) in [6.45, 7) is 0.256. The third-order valence-electron chi connectivity index (χ3n) is 4.26. The standard InChI is InChI=1S/C22H16Cl3N3O4/c23-17-7-5-14(6-8-17)13-32-22-18(24)9-15(10-19(22)25)12-26-27-21(29)11-16-3-1-2-4-20(16)28(30)31/h1-10,12H,11,13H2,(H,27,29)/b26-12+. The number of hydrogen-bond acceptors (Lipinski definition) is 5. The van der Waals surface area contributed by atoms with Crippen LogP contribution < -0.4 is 10.2 Å². The molecule has 0 saturated heterocycles. The Kier molecular flexibility index (Phi) is 8.05. The molecule has 0 aliphatic carbocycles. The largest absolute Gasteiger partial charge is 0.486 e. The van der Waals surface area contributed by atoms with Gasteiger partial charge in [-0.15, -0.1) is 0 Å². The molecule has 0 aliphatic heterocycles. The van der Waals surface area contributed by atoms with Gasteiger partial charge in [-0.05, 0) is 35.4 Å². The van der Waals surface area contributed by atoms with Crippen LogP contribution >= 0.6 is 34.8 Å². The Morgan fingerprint density at radius 3 is 2.38 bits per heavy atom. The minimum absolute atomic E-state index is 0.126. The van der Waals surface area contributed by atoms with Crippen LogP contribution in [0.25, 0.3) is 0 Å². The van der Waals surface area contributed by atoms with Crippen molar-refractivity contribution in [2.24, 2.45) is 5.10 Å². The van der Waals surface area contributed by atoms with E-state index in [0.29, 0.717) is 21.9 Å². The Morgan fingerprint density at radius 1 is 1.06 bits per heavy atom. The van der Waals surface area contributed by atoms with E-state index in [1.165, 1.54) is 24.4 Å². The third-order valence-corrected chi connectivity index (χ3v) is 5.07. The number of ether oxygens (including phenoxy) is 1. The van der Waals surface area contributed by atoms with Crippen molar-refractivity contribution in [3.63, 3.8) is 0 Å². The number of carbonyl (C=O) groups excluding carboxylic acids is 1. The molecule has 3 aromatic carbocycles. The van der Waals surface area contributed by atoms with Gasteiger partial charge in [0.1, 0.15) is 6.61 Å². The predicted molar refractivity (Wildman–Crippen MR) is 125 cm³/mol. The molecule has 32 heavy (non-hydrogen) atoms. The SMILES string of the molecule is O=C(Cc1ccccc1[N+](=O)[O-])N/N=C/c1cc(Cl)c(OCc2ccc(Cl)cc2)c(Cl)c1. The lowest BCUT2D eigenvalue weighted by Crippen LogP contribution is -2.20. The summed E-state index contributed by atoms with van der Waals surface area (Å²) in [7, 11) is 0. The molecule has 0 aliphatic rings. The Morgan fingerprint density at radius 2 is 1.72 bits per heavy atom. The van der Waals surface area contributed by atoms with Gasteiger partial charge in [0.2, 0.25) is 5.91 Å². The summed E-state index contributed by atoms with van der Waals surface area (Å²) in [5, 5.41) is 16.1. The van der Waals surface area contributed by atoms with E-state index in [2.05, 4.69) is 10.5 Å².